The van der Waals surface area contributed by atoms with Crippen LogP contribution in [-0.4, -0.2) is 15.0 Å². The molecule has 1 aromatic heterocycles. The summed E-state index contributed by atoms with van der Waals surface area (Å²) in [6, 6.07) is 12.7. The summed E-state index contributed by atoms with van der Waals surface area (Å²) in [6.07, 6.45) is 0. The maximum Gasteiger partial charge on any atom is 0.132 e. The van der Waals surface area contributed by atoms with E-state index >= 15 is 0 Å². The number of aromatic nitrogens is 3. The van der Waals surface area contributed by atoms with Gasteiger partial charge in [0, 0.05) is 17.7 Å². The molecule has 0 radical (unpaired) electrons. The van der Waals surface area contributed by atoms with Crippen molar-refractivity contribution in [3.8, 4) is 11.3 Å². The van der Waals surface area contributed by atoms with Gasteiger partial charge in [0.05, 0.1) is 12.2 Å². The number of hydrogen-bond donors (Lipinski definition) is 1. The Morgan fingerprint density at radius 2 is 1.64 bits per heavy atom. The molecule has 2 aromatic carbocycles. The van der Waals surface area contributed by atoms with Crippen molar-refractivity contribution < 1.29 is 8.78 Å². The maximum atomic E-state index is 14.1. The quantitative estimate of drug-likeness (QED) is 0.806. The van der Waals surface area contributed by atoms with Gasteiger partial charge in [-0.05, 0) is 18.2 Å². The zero-order chi connectivity index (χ0) is 15.5. The molecule has 3 aromatic rings. The Bertz CT molecular complexity index is 798. The summed E-state index contributed by atoms with van der Waals surface area (Å²) in [4.78, 5) is 0. The fourth-order valence-electron chi connectivity index (χ4n) is 2.33. The number of benzene rings is 2. The number of nitrogens with two attached hydrogens (primary N) is 1. The van der Waals surface area contributed by atoms with Crippen LogP contribution >= 0.6 is 0 Å². The van der Waals surface area contributed by atoms with E-state index in [9.17, 15) is 8.78 Å². The van der Waals surface area contributed by atoms with E-state index in [0.717, 1.165) is 0 Å². The van der Waals surface area contributed by atoms with Crippen LogP contribution in [0.5, 0.6) is 0 Å². The fourth-order valence-corrected chi connectivity index (χ4v) is 2.33. The highest BCUT2D eigenvalue weighted by molar-refractivity contribution is 5.62. The van der Waals surface area contributed by atoms with Gasteiger partial charge >= 0.3 is 0 Å². The molecule has 0 saturated carbocycles. The Labute approximate surface area is 126 Å². The highest BCUT2D eigenvalue weighted by Gasteiger charge is 2.17. The van der Waals surface area contributed by atoms with Crippen molar-refractivity contribution >= 4 is 0 Å². The third-order valence-corrected chi connectivity index (χ3v) is 3.41. The Balaban J connectivity index is 2.09. The minimum Gasteiger partial charge on any atom is -0.325 e. The summed E-state index contributed by atoms with van der Waals surface area (Å²) < 4.78 is 29.4. The molecule has 0 atom stereocenters. The lowest BCUT2D eigenvalue weighted by Gasteiger charge is -2.09. The SMILES string of the molecule is NCc1nnn(Cc2ccccc2F)c1-c1ccccc1F. The molecule has 0 bridgehead atoms. The summed E-state index contributed by atoms with van der Waals surface area (Å²) in [7, 11) is 0. The van der Waals surface area contributed by atoms with Crippen molar-refractivity contribution in [1.29, 1.82) is 0 Å². The van der Waals surface area contributed by atoms with Gasteiger partial charge in [-0.1, -0.05) is 35.5 Å². The molecule has 1 heterocycles. The van der Waals surface area contributed by atoms with E-state index in [-0.39, 0.29) is 18.9 Å². The minimum absolute atomic E-state index is 0.126. The fraction of sp³-hybridized carbons (Fsp3) is 0.125. The van der Waals surface area contributed by atoms with Crippen LogP contribution in [-0.2, 0) is 13.1 Å². The van der Waals surface area contributed by atoms with Gasteiger partial charge in [-0.3, -0.25) is 0 Å². The molecule has 0 unspecified atom stereocenters. The summed E-state index contributed by atoms with van der Waals surface area (Å²) in [6.45, 7) is 0.282. The molecule has 0 aliphatic rings. The van der Waals surface area contributed by atoms with Crippen LogP contribution in [0.2, 0.25) is 0 Å². The number of nitrogens with zero attached hydrogens (tertiary/aromatic N) is 3. The molecule has 0 amide bonds. The maximum absolute atomic E-state index is 14.1. The number of rotatable bonds is 4. The molecule has 4 nitrogen and oxygen atoms in total. The van der Waals surface area contributed by atoms with E-state index in [1.165, 1.54) is 16.8 Å². The zero-order valence-electron chi connectivity index (χ0n) is 11.7. The average molecular weight is 300 g/mol. The van der Waals surface area contributed by atoms with Crippen molar-refractivity contribution in [1.82, 2.24) is 15.0 Å². The lowest BCUT2D eigenvalue weighted by Crippen LogP contribution is -2.07. The Kier molecular flexibility index (Phi) is 3.93. The van der Waals surface area contributed by atoms with Crippen LogP contribution in [0.3, 0.4) is 0 Å². The molecule has 6 heteroatoms. The van der Waals surface area contributed by atoms with Crippen LogP contribution in [0.15, 0.2) is 48.5 Å². The van der Waals surface area contributed by atoms with Gasteiger partial charge in [0.1, 0.15) is 17.3 Å². The van der Waals surface area contributed by atoms with Crippen LogP contribution in [0, 0.1) is 11.6 Å². The molecule has 0 fully saturated rings. The van der Waals surface area contributed by atoms with E-state index in [1.807, 2.05) is 0 Å². The normalized spacial score (nSPS) is 10.9. The number of hydrogen-bond acceptors (Lipinski definition) is 3. The van der Waals surface area contributed by atoms with Crippen molar-refractivity contribution in [2.75, 3.05) is 0 Å². The third kappa shape index (κ3) is 2.60. The molecular formula is C16H14F2N4. The van der Waals surface area contributed by atoms with E-state index in [0.29, 0.717) is 22.5 Å². The standard InChI is InChI=1S/C16H14F2N4/c17-13-7-3-1-5-11(13)10-22-16(15(9-19)20-21-22)12-6-2-4-8-14(12)18/h1-8H,9-10,19H2. The second-order valence-corrected chi connectivity index (χ2v) is 4.82. The minimum atomic E-state index is -0.394. The van der Waals surface area contributed by atoms with E-state index < -0.39 is 5.82 Å². The molecule has 0 aliphatic heterocycles. The lowest BCUT2D eigenvalue weighted by molar-refractivity contribution is 0.577. The Morgan fingerprint density at radius 3 is 2.32 bits per heavy atom. The topological polar surface area (TPSA) is 56.7 Å². The number of halogens is 2. The highest BCUT2D eigenvalue weighted by Crippen LogP contribution is 2.25. The predicted octanol–water partition coefficient (Wildman–Crippen LogP) is 2.73. The molecule has 0 spiro atoms. The molecule has 112 valence electrons. The molecular weight excluding hydrogens is 286 g/mol. The van der Waals surface area contributed by atoms with Crippen molar-refractivity contribution in [3.05, 3.63) is 71.4 Å². The van der Waals surface area contributed by atoms with Crippen molar-refractivity contribution in [3.63, 3.8) is 0 Å². The van der Waals surface area contributed by atoms with Gasteiger partial charge in [0.15, 0.2) is 0 Å². The van der Waals surface area contributed by atoms with E-state index in [4.69, 9.17) is 5.73 Å². The van der Waals surface area contributed by atoms with Crippen LogP contribution in [0.1, 0.15) is 11.3 Å². The second-order valence-electron chi connectivity index (χ2n) is 4.82. The van der Waals surface area contributed by atoms with Crippen molar-refractivity contribution in [2.24, 2.45) is 5.73 Å². The lowest BCUT2D eigenvalue weighted by atomic mass is 10.1. The van der Waals surface area contributed by atoms with Gasteiger partial charge in [-0.15, -0.1) is 5.10 Å². The van der Waals surface area contributed by atoms with E-state index in [1.54, 1.807) is 36.4 Å². The van der Waals surface area contributed by atoms with E-state index in [2.05, 4.69) is 10.3 Å². The predicted molar refractivity (Wildman–Crippen MR) is 78.8 cm³/mol. The Hall–Kier alpha value is -2.60. The second kappa shape index (κ2) is 6.03. The summed E-state index contributed by atoms with van der Waals surface area (Å²) >= 11 is 0. The van der Waals surface area contributed by atoms with Crippen LogP contribution in [0.4, 0.5) is 8.78 Å². The Morgan fingerprint density at radius 1 is 0.955 bits per heavy atom. The summed E-state index contributed by atoms with van der Waals surface area (Å²) in [5.41, 5.74) is 7.42. The first-order chi connectivity index (χ1) is 10.7. The smallest absolute Gasteiger partial charge is 0.132 e. The van der Waals surface area contributed by atoms with Gasteiger partial charge < -0.3 is 5.73 Å². The summed E-state index contributed by atoms with van der Waals surface area (Å²) in [5, 5.41) is 7.97. The molecule has 0 saturated heterocycles. The average Bonchev–Trinajstić information content (AvgIpc) is 2.93. The van der Waals surface area contributed by atoms with Crippen LogP contribution in [0.25, 0.3) is 11.3 Å². The van der Waals surface area contributed by atoms with Gasteiger partial charge in [0.25, 0.3) is 0 Å². The zero-order valence-corrected chi connectivity index (χ0v) is 11.7. The van der Waals surface area contributed by atoms with Gasteiger partial charge in [-0.2, -0.15) is 0 Å². The van der Waals surface area contributed by atoms with Gasteiger partial charge in [-0.25, -0.2) is 13.5 Å². The molecule has 3 rings (SSSR count). The first-order valence-electron chi connectivity index (χ1n) is 6.81. The first kappa shape index (κ1) is 14.3. The van der Waals surface area contributed by atoms with Crippen molar-refractivity contribution in [2.45, 2.75) is 13.1 Å². The van der Waals surface area contributed by atoms with Crippen LogP contribution < -0.4 is 5.73 Å². The molecule has 22 heavy (non-hydrogen) atoms. The molecule has 0 aliphatic carbocycles. The third-order valence-electron chi connectivity index (χ3n) is 3.41. The van der Waals surface area contributed by atoms with Gasteiger partial charge in [0.2, 0.25) is 0 Å². The molecule has 2 N–H and O–H groups in total. The highest BCUT2D eigenvalue weighted by atomic mass is 19.1. The monoisotopic (exact) mass is 300 g/mol. The largest absolute Gasteiger partial charge is 0.325 e. The first-order valence-corrected chi connectivity index (χ1v) is 6.81. The summed E-state index contributed by atoms with van der Waals surface area (Å²) in [5.74, 6) is -0.735.